The number of alkyl halides is 3. The third kappa shape index (κ3) is 5.24. The van der Waals surface area contributed by atoms with Crippen molar-refractivity contribution >= 4 is 34.6 Å². The second-order valence-electron chi connectivity index (χ2n) is 8.72. The summed E-state index contributed by atoms with van der Waals surface area (Å²) >= 11 is 7.14. The van der Waals surface area contributed by atoms with Crippen molar-refractivity contribution in [1.29, 1.82) is 0 Å². The van der Waals surface area contributed by atoms with Gasteiger partial charge in [-0.15, -0.1) is 11.3 Å². The first-order chi connectivity index (χ1) is 17.9. The molecule has 202 valence electrons. The smallest absolute Gasteiger partial charge is 0.374 e. The Morgan fingerprint density at radius 3 is 2.42 bits per heavy atom. The molecule has 1 aliphatic heterocycles. The van der Waals surface area contributed by atoms with E-state index in [1.807, 2.05) is 6.92 Å². The summed E-state index contributed by atoms with van der Waals surface area (Å²) in [6.07, 6.45) is -3.78. The Balaban J connectivity index is 1.61. The average molecular weight is 576 g/mol. The van der Waals surface area contributed by atoms with Gasteiger partial charge in [0.1, 0.15) is 0 Å². The Bertz CT molecular complexity index is 1390. The highest BCUT2D eigenvalue weighted by atomic mass is 35.5. The number of halogens is 7. The van der Waals surface area contributed by atoms with Crippen molar-refractivity contribution in [3.63, 3.8) is 0 Å². The molecule has 0 spiro atoms. The van der Waals surface area contributed by atoms with E-state index in [1.165, 1.54) is 29.5 Å². The summed E-state index contributed by atoms with van der Waals surface area (Å²) in [7, 11) is 0. The molecule has 1 amide bonds. The molecular formula is C25H20ClF6N3O2S. The molecule has 2 aromatic carbocycles. The third-order valence-corrected chi connectivity index (χ3v) is 7.18. The number of nitrogens with zero attached hydrogens (tertiary/aromatic N) is 3. The lowest BCUT2D eigenvalue weighted by Gasteiger charge is -2.29. The summed E-state index contributed by atoms with van der Waals surface area (Å²) in [4.78, 5) is 24.5. The predicted octanol–water partition coefficient (Wildman–Crippen LogP) is 7.16. The van der Waals surface area contributed by atoms with Gasteiger partial charge in [0.2, 0.25) is 0 Å². The lowest BCUT2D eigenvalue weighted by Crippen LogP contribution is -2.43. The minimum absolute atomic E-state index is 0.153. The minimum atomic E-state index is -5.14. The van der Waals surface area contributed by atoms with Gasteiger partial charge < -0.3 is 9.74 Å². The van der Waals surface area contributed by atoms with Crippen molar-refractivity contribution in [3.05, 3.63) is 85.6 Å². The maximum atomic E-state index is 14.1. The molecule has 0 aliphatic carbocycles. The van der Waals surface area contributed by atoms with Crippen LogP contribution in [0.3, 0.4) is 0 Å². The first-order valence-electron chi connectivity index (χ1n) is 11.3. The van der Waals surface area contributed by atoms with Crippen LogP contribution in [0.25, 0.3) is 0 Å². The Kier molecular flexibility index (Phi) is 7.76. The van der Waals surface area contributed by atoms with Crippen molar-refractivity contribution in [3.8, 4) is 0 Å². The molecule has 2 heterocycles. The molecule has 0 bridgehead atoms. The number of carbonyl (C=O) groups is 1. The van der Waals surface area contributed by atoms with Gasteiger partial charge in [-0.2, -0.15) is 13.2 Å². The molecule has 0 N–H and O–H groups in total. The number of aromatic nitrogens is 1. The van der Waals surface area contributed by atoms with Crippen molar-refractivity contribution < 1.29 is 36.0 Å². The van der Waals surface area contributed by atoms with E-state index in [9.17, 15) is 31.1 Å². The Hall–Kier alpha value is -3.12. The number of hydrogen-bond acceptors (Lipinski definition) is 5. The molecule has 13 heteroatoms. The second kappa shape index (κ2) is 10.6. The van der Waals surface area contributed by atoms with Gasteiger partial charge >= 0.3 is 6.18 Å². The second-order valence-corrected chi connectivity index (χ2v) is 10.4. The van der Waals surface area contributed by atoms with E-state index in [2.05, 4.69) is 10.1 Å². The van der Waals surface area contributed by atoms with E-state index in [0.29, 0.717) is 28.6 Å². The zero-order valence-electron chi connectivity index (χ0n) is 20.0. The molecule has 1 aliphatic rings. The van der Waals surface area contributed by atoms with Gasteiger partial charge in [0.15, 0.2) is 21.9 Å². The maximum Gasteiger partial charge on any atom is 0.435 e. The fraction of sp³-hybridized carbons (Fsp3) is 0.320. The number of aryl methyl sites for hydroxylation is 1. The quantitative estimate of drug-likeness (QED) is 0.222. The topological polar surface area (TPSA) is 54.8 Å². The third-order valence-electron chi connectivity index (χ3n) is 6.08. The highest BCUT2D eigenvalue weighted by molar-refractivity contribution is 7.15. The van der Waals surface area contributed by atoms with E-state index < -0.39 is 41.2 Å². The molecule has 0 saturated heterocycles. The lowest BCUT2D eigenvalue weighted by atomic mass is 9.86. The largest absolute Gasteiger partial charge is 0.435 e. The standard InChI is InChI=1S/C25H20ClF6N3O2S/c1-3-6-35(12-16-11-33-23(26)38-16)22(36)17-5-4-14(7-13(17)2)20-10-24(37-34-20,25(30,31)32)15-8-18(27)21(29)19(28)9-15/h4-5,7-9,11H,3,6,10,12H2,1-2H3. The molecule has 0 saturated carbocycles. The summed E-state index contributed by atoms with van der Waals surface area (Å²) in [6, 6.07) is 4.88. The molecule has 1 aromatic heterocycles. The minimum Gasteiger partial charge on any atom is -0.374 e. The van der Waals surface area contributed by atoms with Crippen LogP contribution in [0, 0.1) is 24.4 Å². The lowest BCUT2D eigenvalue weighted by molar-refractivity contribution is -0.276. The van der Waals surface area contributed by atoms with E-state index in [-0.39, 0.29) is 35.9 Å². The van der Waals surface area contributed by atoms with Crippen LogP contribution in [0.2, 0.25) is 4.47 Å². The number of rotatable bonds is 7. The van der Waals surface area contributed by atoms with Gasteiger partial charge in [-0.1, -0.05) is 29.7 Å². The molecular weight excluding hydrogens is 556 g/mol. The van der Waals surface area contributed by atoms with Crippen molar-refractivity contribution in [1.82, 2.24) is 9.88 Å². The Morgan fingerprint density at radius 2 is 1.87 bits per heavy atom. The van der Waals surface area contributed by atoms with Crippen LogP contribution in [-0.2, 0) is 17.0 Å². The summed E-state index contributed by atoms with van der Waals surface area (Å²) in [5.41, 5.74) is -3.29. The summed E-state index contributed by atoms with van der Waals surface area (Å²) < 4.78 is 83.8. The molecule has 1 unspecified atom stereocenters. The number of oxime groups is 1. The number of thiazole rings is 1. The number of hydrogen-bond donors (Lipinski definition) is 0. The van der Waals surface area contributed by atoms with Gasteiger partial charge in [-0.3, -0.25) is 4.79 Å². The molecule has 3 aromatic rings. The summed E-state index contributed by atoms with van der Waals surface area (Å²) in [5, 5.41) is 3.57. The number of benzene rings is 2. The first kappa shape index (κ1) is 27.9. The van der Waals surface area contributed by atoms with Gasteiger partial charge in [-0.25, -0.2) is 18.2 Å². The SMILES string of the molecule is CCCN(Cc1cnc(Cl)s1)C(=O)c1ccc(C2=NOC(c3cc(F)c(F)c(F)c3)(C(F)(F)F)C2)cc1C. The van der Waals surface area contributed by atoms with Crippen LogP contribution in [0.15, 0.2) is 41.7 Å². The van der Waals surface area contributed by atoms with Crippen molar-refractivity contribution in [2.75, 3.05) is 6.54 Å². The number of amides is 1. The van der Waals surface area contributed by atoms with Crippen LogP contribution >= 0.6 is 22.9 Å². The predicted molar refractivity (Wildman–Crippen MR) is 130 cm³/mol. The molecule has 5 nitrogen and oxygen atoms in total. The molecule has 1 atom stereocenters. The number of carbonyl (C=O) groups excluding carboxylic acids is 1. The Labute approximate surface area is 222 Å². The normalized spacial score (nSPS) is 17.3. The van der Waals surface area contributed by atoms with E-state index in [1.54, 1.807) is 18.0 Å². The van der Waals surface area contributed by atoms with E-state index in [0.717, 1.165) is 4.88 Å². The monoisotopic (exact) mass is 575 g/mol. The highest BCUT2D eigenvalue weighted by Crippen LogP contribution is 2.49. The fourth-order valence-electron chi connectivity index (χ4n) is 4.17. The Morgan fingerprint density at radius 1 is 1.18 bits per heavy atom. The van der Waals surface area contributed by atoms with Gasteiger partial charge in [-0.05, 0) is 48.7 Å². The van der Waals surface area contributed by atoms with E-state index >= 15 is 0 Å². The zero-order chi connectivity index (χ0) is 27.8. The van der Waals surface area contributed by atoms with Crippen LogP contribution in [0.4, 0.5) is 26.3 Å². The van der Waals surface area contributed by atoms with Crippen LogP contribution < -0.4 is 0 Å². The van der Waals surface area contributed by atoms with Gasteiger partial charge in [0.25, 0.3) is 11.5 Å². The molecule has 4 rings (SSSR count). The van der Waals surface area contributed by atoms with Gasteiger partial charge in [0.05, 0.1) is 12.3 Å². The van der Waals surface area contributed by atoms with Crippen LogP contribution in [0.1, 0.15) is 51.7 Å². The van der Waals surface area contributed by atoms with E-state index in [4.69, 9.17) is 16.4 Å². The van der Waals surface area contributed by atoms with Crippen molar-refractivity contribution in [2.24, 2.45) is 5.16 Å². The molecule has 0 radical (unpaired) electrons. The highest BCUT2D eigenvalue weighted by Gasteiger charge is 2.62. The van der Waals surface area contributed by atoms with Crippen LogP contribution in [0.5, 0.6) is 0 Å². The van der Waals surface area contributed by atoms with Crippen LogP contribution in [-0.4, -0.2) is 34.2 Å². The first-order valence-corrected chi connectivity index (χ1v) is 12.5. The van der Waals surface area contributed by atoms with Gasteiger partial charge in [0, 0.05) is 35.2 Å². The fourth-order valence-corrected chi connectivity index (χ4v) is 5.16. The molecule has 38 heavy (non-hydrogen) atoms. The summed E-state index contributed by atoms with van der Waals surface area (Å²) in [6.45, 7) is 4.29. The summed E-state index contributed by atoms with van der Waals surface area (Å²) in [5.74, 6) is -5.74. The molecule has 0 fully saturated rings. The van der Waals surface area contributed by atoms with Crippen molar-refractivity contribution in [2.45, 2.75) is 45.0 Å². The average Bonchev–Trinajstić information content (AvgIpc) is 3.48. The zero-order valence-corrected chi connectivity index (χ0v) is 21.6. The maximum absolute atomic E-state index is 14.1.